The maximum atomic E-state index is 10.1. The third-order valence-electron chi connectivity index (χ3n) is 2.89. The highest BCUT2D eigenvalue weighted by Gasteiger charge is 2.17. The normalized spacial score (nSPS) is 22.8. The molecule has 0 aromatic heterocycles. The van der Waals surface area contributed by atoms with Crippen molar-refractivity contribution >= 4 is 6.29 Å². The fraction of sp³-hybridized carbons (Fsp3) is 0.727. The first-order valence-electron chi connectivity index (χ1n) is 4.96. The quantitative estimate of drug-likeness (QED) is 0.465. The van der Waals surface area contributed by atoms with Crippen LogP contribution in [0.3, 0.4) is 0 Å². The molecule has 0 N–H and O–H groups in total. The van der Waals surface area contributed by atoms with E-state index in [0.717, 1.165) is 12.2 Å². The molecular weight excluding hydrogens is 148 g/mol. The number of carbonyl (C=O) groups is 1. The van der Waals surface area contributed by atoms with E-state index in [-0.39, 0.29) is 0 Å². The lowest BCUT2D eigenvalue weighted by Crippen LogP contribution is -2.13. The van der Waals surface area contributed by atoms with E-state index in [0.29, 0.717) is 5.92 Å². The summed E-state index contributed by atoms with van der Waals surface area (Å²) in [5, 5.41) is 0. The van der Waals surface area contributed by atoms with Gasteiger partial charge in [0.25, 0.3) is 0 Å². The van der Waals surface area contributed by atoms with E-state index in [4.69, 9.17) is 0 Å². The van der Waals surface area contributed by atoms with Crippen molar-refractivity contribution in [3.63, 3.8) is 0 Å². The summed E-state index contributed by atoms with van der Waals surface area (Å²) in [5.41, 5.74) is 0. The van der Waals surface area contributed by atoms with Crippen molar-refractivity contribution in [3.8, 4) is 0 Å². The third kappa shape index (κ3) is 2.80. The SMILES string of the molecule is CC(/C=C/C=O)C1CCCCC1. The van der Waals surface area contributed by atoms with Gasteiger partial charge in [-0.3, -0.25) is 4.79 Å². The Morgan fingerprint density at radius 3 is 2.50 bits per heavy atom. The molecule has 68 valence electrons. The number of carbonyl (C=O) groups excluding carboxylic acids is 1. The molecule has 0 saturated heterocycles. The summed E-state index contributed by atoms with van der Waals surface area (Å²) in [6.45, 7) is 2.22. The Hall–Kier alpha value is -0.590. The van der Waals surface area contributed by atoms with Gasteiger partial charge in [0.1, 0.15) is 6.29 Å². The number of hydrogen-bond donors (Lipinski definition) is 0. The van der Waals surface area contributed by atoms with Crippen LogP contribution >= 0.6 is 0 Å². The summed E-state index contributed by atoms with van der Waals surface area (Å²) in [6.07, 6.45) is 11.4. The smallest absolute Gasteiger partial charge is 0.142 e. The minimum Gasteiger partial charge on any atom is -0.299 e. The van der Waals surface area contributed by atoms with E-state index in [1.807, 2.05) is 6.08 Å². The van der Waals surface area contributed by atoms with Crippen molar-refractivity contribution in [2.45, 2.75) is 39.0 Å². The van der Waals surface area contributed by atoms with Gasteiger partial charge in [0.15, 0.2) is 0 Å². The van der Waals surface area contributed by atoms with Crippen LogP contribution in [0.4, 0.5) is 0 Å². The van der Waals surface area contributed by atoms with Crippen LogP contribution in [0.15, 0.2) is 12.2 Å². The maximum absolute atomic E-state index is 10.1. The molecular formula is C11H18O. The van der Waals surface area contributed by atoms with Gasteiger partial charge >= 0.3 is 0 Å². The monoisotopic (exact) mass is 166 g/mol. The van der Waals surface area contributed by atoms with Gasteiger partial charge < -0.3 is 0 Å². The third-order valence-corrected chi connectivity index (χ3v) is 2.89. The lowest BCUT2D eigenvalue weighted by molar-refractivity contribution is -0.104. The molecule has 0 spiro atoms. The summed E-state index contributed by atoms with van der Waals surface area (Å²) in [4.78, 5) is 10.1. The lowest BCUT2D eigenvalue weighted by atomic mass is 9.81. The highest BCUT2D eigenvalue weighted by molar-refractivity contribution is 5.64. The Bertz CT molecular complexity index is 154. The zero-order valence-corrected chi connectivity index (χ0v) is 7.83. The average molecular weight is 166 g/mol. The van der Waals surface area contributed by atoms with Crippen LogP contribution in [0.1, 0.15) is 39.0 Å². The average Bonchev–Trinajstić information content (AvgIpc) is 2.15. The number of hydrogen-bond acceptors (Lipinski definition) is 1. The maximum Gasteiger partial charge on any atom is 0.142 e. The van der Waals surface area contributed by atoms with Gasteiger partial charge in [-0.25, -0.2) is 0 Å². The number of allylic oxidation sites excluding steroid dienone is 2. The van der Waals surface area contributed by atoms with Crippen molar-refractivity contribution in [1.82, 2.24) is 0 Å². The number of rotatable bonds is 3. The highest BCUT2D eigenvalue weighted by Crippen LogP contribution is 2.30. The standard InChI is InChI=1S/C11H18O/c1-10(6-5-9-12)11-7-3-2-4-8-11/h5-6,9-11H,2-4,7-8H2,1H3/b6-5+. The molecule has 0 amide bonds. The van der Waals surface area contributed by atoms with Crippen LogP contribution in [0, 0.1) is 11.8 Å². The summed E-state index contributed by atoms with van der Waals surface area (Å²) in [7, 11) is 0. The highest BCUT2D eigenvalue weighted by atomic mass is 16.1. The molecule has 1 atom stereocenters. The molecule has 1 aliphatic rings. The minimum absolute atomic E-state index is 0.593. The largest absolute Gasteiger partial charge is 0.299 e. The number of aldehydes is 1. The first kappa shape index (κ1) is 9.50. The Labute approximate surface area is 74.9 Å². The first-order valence-corrected chi connectivity index (χ1v) is 4.96. The molecule has 0 radical (unpaired) electrons. The molecule has 1 heteroatoms. The molecule has 0 aromatic carbocycles. The van der Waals surface area contributed by atoms with Crippen LogP contribution in [0.2, 0.25) is 0 Å². The van der Waals surface area contributed by atoms with E-state index >= 15 is 0 Å². The summed E-state index contributed by atoms with van der Waals surface area (Å²) in [6, 6.07) is 0. The van der Waals surface area contributed by atoms with Gasteiger partial charge in [0, 0.05) is 0 Å². The van der Waals surface area contributed by atoms with Crippen LogP contribution in [-0.2, 0) is 4.79 Å². The van der Waals surface area contributed by atoms with Crippen molar-refractivity contribution in [2.75, 3.05) is 0 Å². The van der Waals surface area contributed by atoms with Crippen molar-refractivity contribution in [2.24, 2.45) is 11.8 Å². The molecule has 12 heavy (non-hydrogen) atoms. The second kappa shape index (κ2) is 5.13. The Morgan fingerprint density at radius 2 is 1.92 bits per heavy atom. The molecule has 1 nitrogen and oxygen atoms in total. The minimum atomic E-state index is 0.593. The van der Waals surface area contributed by atoms with Crippen molar-refractivity contribution < 1.29 is 4.79 Å². The second-order valence-electron chi connectivity index (χ2n) is 3.78. The van der Waals surface area contributed by atoms with Gasteiger partial charge in [-0.2, -0.15) is 0 Å². The lowest BCUT2D eigenvalue weighted by Gasteiger charge is -2.25. The Kier molecular flexibility index (Phi) is 4.06. The molecule has 0 heterocycles. The molecule has 1 rings (SSSR count). The van der Waals surface area contributed by atoms with Gasteiger partial charge in [-0.15, -0.1) is 0 Å². The van der Waals surface area contributed by atoms with Gasteiger partial charge in [-0.1, -0.05) is 32.3 Å². The molecule has 1 unspecified atom stereocenters. The van der Waals surface area contributed by atoms with Gasteiger partial charge in [-0.05, 0) is 30.8 Å². The van der Waals surface area contributed by atoms with E-state index in [1.54, 1.807) is 6.08 Å². The van der Waals surface area contributed by atoms with E-state index in [1.165, 1.54) is 32.1 Å². The summed E-state index contributed by atoms with van der Waals surface area (Å²) in [5.74, 6) is 1.42. The predicted octanol–water partition coefficient (Wildman–Crippen LogP) is 2.96. The predicted molar refractivity (Wildman–Crippen MR) is 50.9 cm³/mol. The molecule has 0 aliphatic heterocycles. The summed E-state index contributed by atoms with van der Waals surface area (Å²) < 4.78 is 0. The topological polar surface area (TPSA) is 17.1 Å². The fourth-order valence-electron chi connectivity index (χ4n) is 2.04. The van der Waals surface area contributed by atoms with Crippen molar-refractivity contribution in [3.05, 3.63) is 12.2 Å². The van der Waals surface area contributed by atoms with Gasteiger partial charge in [0.2, 0.25) is 0 Å². The van der Waals surface area contributed by atoms with Crippen LogP contribution < -0.4 is 0 Å². The Balaban J connectivity index is 2.33. The van der Waals surface area contributed by atoms with Crippen molar-refractivity contribution in [1.29, 1.82) is 0 Å². The van der Waals surface area contributed by atoms with E-state index in [2.05, 4.69) is 6.92 Å². The zero-order valence-electron chi connectivity index (χ0n) is 7.83. The molecule has 1 saturated carbocycles. The molecule has 0 bridgehead atoms. The van der Waals surface area contributed by atoms with Gasteiger partial charge in [0.05, 0.1) is 0 Å². The zero-order chi connectivity index (χ0) is 8.81. The Morgan fingerprint density at radius 1 is 1.25 bits per heavy atom. The summed E-state index contributed by atoms with van der Waals surface area (Å²) >= 11 is 0. The first-order chi connectivity index (χ1) is 5.84. The van der Waals surface area contributed by atoms with E-state index in [9.17, 15) is 4.79 Å². The molecule has 0 aromatic rings. The second-order valence-corrected chi connectivity index (χ2v) is 3.78. The molecule has 1 fully saturated rings. The van der Waals surface area contributed by atoms with Crippen LogP contribution in [-0.4, -0.2) is 6.29 Å². The molecule has 1 aliphatic carbocycles. The van der Waals surface area contributed by atoms with Crippen LogP contribution in [0.25, 0.3) is 0 Å². The van der Waals surface area contributed by atoms with Crippen LogP contribution in [0.5, 0.6) is 0 Å². The van der Waals surface area contributed by atoms with E-state index < -0.39 is 0 Å². The fourth-order valence-corrected chi connectivity index (χ4v) is 2.04.